The molecule has 0 saturated carbocycles. The van der Waals surface area contributed by atoms with Crippen molar-refractivity contribution in [1.29, 1.82) is 0 Å². The van der Waals surface area contributed by atoms with Gasteiger partial charge in [-0.25, -0.2) is 4.90 Å². The highest BCUT2D eigenvalue weighted by atomic mass is 16.7. The van der Waals surface area contributed by atoms with Crippen molar-refractivity contribution in [3.8, 4) is 17.2 Å². The zero-order chi connectivity index (χ0) is 20.7. The molecular weight excluding hydrogens is 386 g/mol. The summed E-state index contributed by atoms with van der Waals surface area (Å²) in [6.07, 6.45) is 0.245. The van der Waals surface area contributed by atoms with Gasteiger partial charge in [0, 0.05) is 17.8 Å². The number of benzene rings is 2. The Morgan fingerprint density at radius 3 is 2.60 bits per heavy atom. The van der Waals surface area contributed by atoms with Crippen LogP contribution in [0.2, 0.25) is 0 Å². The van der Waals surface area contributed by atoms with Gasteiger partial charge in [0.2, 0.25) is 12.7 Å². The maximum atomic E-state index is 13.1. The van der Waals surface area contributed by atoms with Crippen LogP contribution < -0.4 is 28.9 Å². The molecule has 2 fully saturated rings. The first-order chi connectivity index (χ1) is 14.6. The number of ether oxygens (including phenoxy) is 3. The zero-order valence-electron chi connectivity index (χ0n) is 16.8. The molecule has 2 aromatic carbocycles. The minimum atomic E-state index is -0.331. The van der Waals surface area contributed by atoms with E-state index in [4.69, 9.17) is 14.2 Å². The van der Waals surface area contributed by atoms with Gasteiger partial charge in [0.25, 0.3) is 5.91 Å². The molecule has 3 aliphatic rings. The summed E-state index contributed by atoms with van der Waals surface area (Å²) in [7, 11) is 1.57. The molecule has 8 nitrogen and oxygen atoms in total. The first-order valence-corrected chi connectivity index (χ1v) is 10.1. The number of nitrogens with zero attached hydrogens (tertiary/aromatic N) is 2. The smallest absolute Gasteiger partial charge is 0.292 e. The van der Waals surface area contributed by atoms with E-state index in [0.717, 1.165) is 48.3 Å². The van der Waals surface area contributed by atoms with Gasteiger partial charge in [-0.15, -0.1) is 0 Å². The van der Waals surface area contributed by atoms with Gasteiger partial charge >= 0.3 is 0 Å². The Bertz CT molecular complexity index is 986. The number of methoxy groups -OCH3 is 1. The third-order valence-electron chi connectivity index (χ3n) is 6.08. The number of hydrogen-bond acceptors (Lipinski definition) is 6. The Balaban J connectivity index is 1.26. The molecule has 2 saturated heterocycles. The molecule has 0 aliphatic carbocycles. The minimum Gasteiger partial charge on any atom is -0.497 e. The maximum absolute atomic E-state index is 13.1. The maximum Gasteiger partial charge on any atom is 0.292 e. The predicted octanol–water partition coefficient (Wildman–Crippen LogP) is 0.461. The van der Waals surface area contributed by atoms with Gasteiger partial charge in [0.05, 0.1) is 45.4 Å². The van der Waals surface area contributed by atoms with Crippen LogP contribution >= 0.6 is 0 Å². The highest BCUT2D eigenvalue weighted by Gasteiger charge is 2.46. The molecule has 5 rings (SSSR count). The molecule has 0 unspecified atom stereocenters. The highest BCUT2D eigenvalue weighted by Crippen LogP contribution is 2.35. The van der Waals surface area contributed by atoms with Crippen LogP contribution in [0.1, 0.15) is 6.42 Å². The number of piperazine rings is 1. The van der Waals surface area contributed by atoms with Crippen LogP contribution in [0.25, 0.3) is 0 Å². The third kappa shape index (κ3) is 3.23. The van der Waals surface area contributed by atoms with Crippen molar-refractivity contribution in [1.82, 2.24) is 0 Å². The topological polar surface area (TPSA) is 72.8 Å². The quantitative estimate of drug-likeness (QED) is 0.739. The summed E-state index contributed by atoms with van der Waals surface area (Å²) in [4.78, 5) is 30.5. The second-order valence-corrected chi connectivity index (χ2v) is 7.71. The van der Waals surface area contributed by atoms with Crippen molar-refractivity contribution in [2.24, 2.45) is 0 Å². The molecule has 30 heavy (non-hydrogen) atoms. The summed E-state index contributed by atoms with van der Waals surface area (Å²) in [6, 6.07) is 12.7. The third-order valence-corrected chi connectivity index (χ3v) is 6.08. The highest BCUT2D eigenvalue weighted by molar-refractivity contribution is 6.21. The van der Waals surface area contributed by atoms with Crippen LogP contribution in [0.3, 0.4) is 0 Å². The molecule has 3 aliphatic heterocycles. The lowest BCUT2D eigenvalue weighted by atomic mass is 10.1. The standard InChI is InChI=1S/C22H23N3O5/c1-28-17-4-2-3-16(11-17)25-21(26)13-18(22(25)27)24-9-7-23(8-10-24)15-5-6-19-20(12-15)30-14-29-19/h2-6,11-12,18H,7-10,13-14H2,1H3/p+1/t18-/m1/s1. The molecule has 0 spiro atoms. The van der Waals surface area contributed by atoms with Crippen LogP contribution in [0.5, 0.6) is 17.2 Å². The Morgan fingerprint density at radius 1 is 1.00 bits per heavy atom. The number of anilines is 2. The average Bonchev–Trinajstić information content (AvgIpc) is 3.37. The lowest BCUT2D eigenvalue weighted by Crippen LogP contribution is -3.19. The molecule has 0 bridgehead atoms. The van der Waals surface area contributed by atoms with E-state index >= 15 is 0 Å². The summed E-state index contributed by atoms with van der Waals surface area (Å²) in [6.45, 7) is 3.48. The number of rotatable bonds is 4. The van der Waals surface area contributed by atoms with E-state index in [1.54, 1.807) is 31.4 Å². The Hall–Kier alpha value is -3.26. The normalized spacial score (nSPS) is 21.4. The van der Waals surface area contributed by atoms with Gasteiger partial charge in [0.1, 0.15) is 5.75 Å². The number of amides is 2. The zero-order valence-corrected chi connectivity index (χ0v) is 16.8. The molecule has 1 atom stereocenters. The van der Waals surface area contributed by atoms with Crippen LogP contribution in [0, 0.1) is 0 Å². The van der Waals surface area contributed by atoms with Gasteiger partial charge in [-0.1, -0.05) is 6.07 Å². The van der Waals surface area contributed by atoms with Crippen LogP contribution in [-0.2, 0) is 9.59 Å². The average molecular weight is 410 g/mol. The van der Waals surface area contributed by atoms with E-state index in [0.29, 0.717) is 11.4 Å². The molecule has 0 aromatic heterocycles. The van der Waals surface area contributed by atoms with E-state index < -0.39 is 0 Å². The number of quaternary nitrogens is 1. The fourth-order valence-corrected chi connectivity index (χ4v) is 4.45. The van der Waals surface area contributed by atoms with Crippen molar-refractivity contribution in [3.05, 3.63) is 42.5 Å². The molecule has 0 radical (unpaired) electrons. The molecule has 2 aromatic rings. The Morgan fingerprint density at radius 2 is 1.80 bits per heavy atom. The van der Waals surface area contributed by atoms with Crippen molar-refractivity contribution < 1.29 is 28.7 Å². The molecular formula is C22H24N3O5+. The fourth-order valence-electron chi connectivity index (χ4n) is 4.45. The van der Waals surface area contributed by atoms with E-state index in [1.165, 1.54) is 4.90 Å². The van der Waals surface area contributed by atoms with Crippen molar-refractivity contribution in [3.63, 3.8) is 0 Å². The van der Waals surface area contributed by atoms with E-state index in [9.17, 15) is 9.59 Å². The molecule has 3 heterocycles. The lowest BCUT2D eigenvalue weighted by Gasteiger charge is -2.35. The second kappa shape index (κ2) is 7.53. The number of carbonyl (C=O) groups excluding carboxylic acids is 2. The first kappa shape index (κ1) is 18.7. The predicted molar refractivity (Wildman–Crippen MR) is 109 cm³/mol. The summed E-state index contributed by atoms with van der Waals surface area (Å²) in [5.41, 5.74) is 1.66. The molecule has 2 amide bonds. The van der Waals surface area contributed by atoms with Crippen LogP contribution in [0.15, 0.2) is 42.5 Å². The number of carbonyl (C=O) groups is 2. The van der Waals surface area contributed by atoms with Crippen LogP contribution in [0.4, 0.5) is 11.4 Å². The molecule has 1 N–H and O–H groups in total. The fraction of sp³-hybridized carbons (Fsp3) is 0.364. The van der Waals surface area contributed by atoms with Crippen molar-refractivity contribution in [2.75, 3.05) is 49.9 Å². The first-order valence-electron chi connectivity index (χ1n) is 10.1. The largest absolute Gasteiger partial charge is 0.497 e. The summed E-state index contributed by atoms with van der Waals surface area (Å²) in [5.74, 6) is 1.90. The van der Waals surface area contributed by atoms with Gasteiger partial charge in [-0.05, 0) is 24.3 Å². The van der Waals surface area contributed by atoms with Crippen LogP contribution in [-0.4, -0.2) is 57.9 Å². The summed E-state index contributed by atoms with van der Waals surface area (Å²) in [5, 5.41) is 0. The van der Waals surface area contributed by atoms with E-state index in [-0.39, 0.29) is 31.1 Å². The number of fused-ring (bicyclic) bond motifs is 1. The number of hydrogen-bond donors (Lipinski definition) is 1. The van der Waals surface area contributed by atoms with Crippen molar-refractivity contribution in [2.45, 2.75) is 12.5 Å². The van der Waals surface area contributed by atoms with Crippen molar-refractivity contribution >= 4 is 23.2 Å². The number of nitrogens with one attached hydrogen (secondary N) is 1. The van der Waals surface area contributed by atoms with E-state index in [2.05, 4.69) is 4.90 Å². The Kier molecular flexibility index (Phi) is 4.71. The van der Waals surface area contributed by atoms with Gasteiger partial charge < -0.3 is 24.0 Å². The lowest BCUT2D eigenvalue weighted by molar-refractivity contribution is -0.915. The monoisotopic (exact) mass is 410 g/mol. The molecule has 8 heteroatoms. The SMILES string of the molecule is COc1cccc(N2C(=O)C[C@@H]([NH+]3CCN(c4ccc5c(c4)OCO5)CC3)C2=O)c1. The van der Waals surface area contributed by atoms with Gasteiger partial charge in [0.15, 0.2) is 17.5 Å². The summed E-state index contributed by atoms with van der Waals surface area (Å²) >= 11 is 0. The Labute approximate surface area is 174 Å². The number of imide groups is 1. The van der Waals surface area contributed by atoms with E-state index in [1.807, 2.05) is 18.2 Å². The second-order valence-electron chi connectivity index (χ2n) is 7.71. The van der Waals surface area contributed by atoms with Gasteiger partial charge in [-0.3, -0.25) is 9.59 Å². The molecule has 156 valence electrons. The minimum absolute atomic E-state index is 0.125. The van der Waals surface area contributed by atoms with Gasteiger partial charge in [-0.2, -0.15) is 0 Å². The summed E-state index contributed by atoms with van der Waals surface area (Å²) < 4.78 is 16.1.